The molecular formula is C21H19FN2. The van der Waals surface area contributed by atoms with E-state index in [1.165, 1.54) is 11.6 Å². The third kappa shape index (κ3) is 3.40. The molecule has 0 spiro atoms. The van der Waals surface area contributed by atoms with Crippen molar-refractivity contribution in [3.05, 3.63) is 83.2 Å². The Labute approximate surface area is 141 Å². The first-order chi connectivity index (χ1) is 11.5. The summed E-state index contributed by atoms with van der Waals surface area (Å²) in [6.07, 6.45) is 0. The molecule has 120 valence electrons. The highest BCUT2D eigenvalue weighted by molar-refractivity contribution is 5.65. The van der Waals surface area contributed by atoms with Crippen LogP contribution in [-0.4, -0.2) is 0 Å². The van der Waals surface area contributed by atoms with Gasteiger partial charge >= 0.3 is 0 Å². The zero-order chi connectivity index (χ0) is 17.1. The largest absolute Gasteiger partial charge is 0.205 e. The molecule has 24 heavy (non-hydrogen) atoms. The van der Waals surface area contributed by atoms with Crippen molar-refractivity contribution in [3.8, 4) is 11.1 Å². The fraction of sp³-hybridized carbons (Fsp3) is 0.143. The summed E-state index contributed by atoms with van der Waals surface area (Å²) < 4.78 is 14.3. The topological polar surface area (TPSA) is 24.7 Å². The highest BCUT2D eigenvalue weighted by Gasteiger charge is 2.06. The van der Waals surface area contributed by atoms with Crippen molar-refractivity contribution >= 4 is 11.4 Å². The van der Waals surface area contributed by atoms with Gasteiger partial charge in [0.25, 0.3) is 0 Å². The van der Waals surface area contributed by atoms with Crippen molar-refractivity contribution in [1.29, 1.82) is 0 Å². The van der Waals surface area contributed by atoms with Gasteiger partial charge in [0.15, 0.2) is 5.82 Å². The summed E-state index contributed by atoms with van der Waals surface area (Å²) in [5, 5.41) is 8.38. The Morgan fingerprint density at radius 2 is 1.38 bits per heavy atom. The average molecular weight is 318 g/mol. The normalized spacial score (nSPS) is 11.2. The molecule has 0 heterocycles. The Kier molecular flexibility index (Phi) is 4.52. The molecule has 3 heteroatoms. The van der Waals surface area contributed by atoms with Crippen molar-refractivity contribution in [2.45, 2.75) is 20.8 Å². The van der Waals surface area contributed by atoms with Crippen LogP contribution >= 0.6 is 0 Å². The number of nitrogens with zero attached hydrogens (tertiary/aromatic N) is 2. The molecule has 0 unspecified atom stereocenters. The first-order valence-corrected chi connectivity index (χ1v) is 7.89. The second-order valence-corrected chi connectivity index (χ2v) is 5.98. The van der Waals surface area contributed by atoms with E-state index in [0.29, 0.717) is 0 Å². The van der Waals surface area contributed by atoms with E-state index in [1.807, 2.05) is 57.2 Å². The van der Waals surface area contributed by atoms with Crippen LogP contribution in [0.1, 0.15) is 16.7 Å². The van der Waals surface area contributed by atoms with Crippen LogP contribution in [0, 0.1) is 26.6 Å². The Morgan fingerprint density at radius 1 is 0.708 bits per heavy atom. The van der Waals surface area contributed by atoms with E-state index in [0.717, 1.165) is 27.9 Å². The quantitative estimate of drug-likeness (QED) is 0.473. The molecule has 0 saturated heterocycles. The van der Waals surface area contributed by atoms with Gasteiger partial charge in [0, 0.05) is 0 Å². The molecule has 2 nitrogen and oxygen atoms in total. The molecule has 0 radical (unpaired) electrons. The van der Waals surface area contributed by atoms with E-state index >= 15 is 0 Å². The summed E-state index contributed by atoms with van der Waals surface area (Å²) in [4.78, 5) is 0. The van der Waals surface area contributed by atoms with Crippen LogP contribution in [-0.2, 0) is 0 Å². The summed E-state index contributed by atoms with van der Waals surface area (Å²) >= 11 is 0. The Morgan fingerprint density at radius 3 is 2.00 bits per heavy atom. The van der Waals surface area contributed by atoms with Crippen molar-refractivity contribution < 1.29 is 4.39 Å². The number of azo groups is 1. The number of hydrogen-bond acceptors (Lipinski definition) is 2. The Bertz CT molecular complexity index is 876. The smallest absolute Gasteiger partial charge is 0.151 e. The zero-order valence-corrected chi connectivity index (χ0v) is 14.0. The lowest BCUT2D eigenvalue weighted by Gasteiger charge is -2.06. The van der Waals surface area contributed by atoms with Crippen LogP contribution in [0.5, 0.6) is 0 Å². The fourth-order valence-corrected chi connectivity index (χ4v) is 2.83. The number of aryl methyl sites for hydroxylation is 3. The van der Waals surface area contributed by atoms with Gasteiger partial charge in [-0.15, -0.1) is 10.2 Å². The molecule has 0 aliphatic carbocycles. The van der Waals surface area contributed by atoms with Gasteiger partial charge in [0.05, 0.1) is 5.69 Å². The summed E-state index contributed by atoms with van der Waals surface area (Å²) in [5.74, 6) is -0.373. The van der Waals surface area contributed by atoms with Crippen molar-refractivity contribution in [2.75, 3.05) is 0 Å². The first-order valence-electron chi connectivity index (χ1n) is 7.89. The summed E-state index contributed by atoms with van der Waals surface area (Å²) in [6, 6.07) is 18.8. The van der Waals surface area contributed by atoms with Crippen molar-refractivity contribution in [3.63, 3.8) is 0 Å². The Hall–Kier alpha value is -2.81. The molecule has 3 aromatic carbocycles. The SMILES string of the molecule is Cc1cc(C)c(N=Nc2ccc(-c3ccccc3)cc2F)c(C)c1. The number of halogens is 1. The van der Waals surface area contributed by atoms with E-state index in [-0.39, 0.29) is 11.5 Å². The molecular weight excluding hydrogens is 299 g/mol. The third-order valence-corrected chi connectivity index (χ3v) is 3.95. The van der Waals surface area contributed by atoms with Crippen LogP contribution < -0.4 is 0 Å². The van der Waals surface area contributed by atoms with Crippen LogP contribution in [0.4, 0.5) is 15.8 Å². The van der Waals surface area contributed by atoms with Gasteiger partial charge in [-0.2, -0.15) is 0 Å². The molecule has 0 atom stereocenters. The molecule has 3 rings (SSSR count). The molecule has 0 aromatic heterocycles. The standard InChI is InChI=1S/C21H19FN2/c1-14-11-15(2)21(16(3)12-14)24-23-20-10-9-18(13-19(20)22)17-7-5-4-6-8-17/h4-13H,1-3H3. The summed E-state index contributed by atoms with van der Waals surface area (Å²) in [6.45, 7) is 6.02. The minimum atomic E-state index is -0.373. The lowest BCUT2D eigenvalue weighted by atomic mass is 10.1. The molecule has 0 saturated carbocycles. The molecule has 3 aromatic rings. The van der Waals surface area contributed by atoms with Gasteiger partial charge < -0.3 is 0 Å². The van der Waals surface area contributed by atoms with Gasteiger partial charge in [0.2, 0.25) is 0 Å². The van der Waals surface area contributed by atoms with E-state index in [2.05, 4.69) is 22.4 Å². The third-order valence-electron chi connectivity index (χ3n) is 3.95. The zero-order valence-electron chi connectivity index (χ0n) is 14.0. The Balaban J connectivity index is 1.92. The van der Waals surface area contributed by atoms with Gasteiger partial charge in [-0.25, -0.2) is 4.39 Å². The predicted octanol–water partition coefficient (Wildman–Crippen LogP) is 6.83. The van der Waals surface area contributed by atoms with Gasteiger partial charge in [-0.05, 0) is 55.2 Å². The lowest BCUT2D eigenvalue weighted by Crippen LogP contribution is -1.83. The maximum atomic E-state index is 14.3. The molecule has 0 aliphatic rings. The second kappa shape index (κ2) is 6.75. The van der Waals surface area contributed by atoms with Crippen LogP contribution in [0.25, 0.3) is 11.1 Å². The van der Waals surface area contributed by atoms with Crippen molar-refractivity contribution in [2.24, 2.45) is 10.2 Å². The molecule has 0 amide bonds. The summed E-state index contributed by atoms with van der Waals surface area (Å²) in [5.41, 5.74) is 6.11. The fourth-order valence-electron chi connectivity index (χ4n) is 2.83. The maximum Gasteiger partial charge on any atom is 0.151 e. The predicted molar refractivity (Wildman–Crippen MR) is 96.7 cm³/mol. The minimum Gasteiger partial charge on any atom is -0.205 e. The van der Waals surface area contributed by atoms with Gasteiger partial charge in [-0.1, -0.05) is 54.1 Å². The monoisotopic (exact) mass is 318 g/mol. The summed E-state index contributed by atoms with van der Waals surface area (Å²) in [7, 11) is 0. The maximum absolute atomic E-state index is 14.3. The van der Waals surface area contributed by atoms with Crippen LogP contribution in [0.15, 0.2) is 70.9 Å². The van der Waals surface area contributed by atoms with E-state index in [4.69, 9.17) is 0 Å². The minimum absolute atomic E-state index is 0.244. The van der Waals surface area contributed by atoms with Crippen LogP contribution in [0.3, 0.4) is 0 Å². The molecule has 0 N–H and O–H groups in total. The highest BCUT2D eigenvalue weighted by Crippen LogP contribution is 2.30. The number of hydrogen-bond donors (Lipinski definition) is 0. The van der Waals surface area contributed by atoms with Crippen molar-refractivity contribution in [1.82, 2.24) is 0 Å². The molecule has 0 aliphatic heterocycles. The molecule has 0 bridgehead atoms. The van der Waals surface area contributed by atoms with Gasteiger partial charge in [0.1, 0.15) is 5.69 Å². The van der Waals surface area contributed by atoms with Crippen LogP contribution in [0.2, 0.25) is 0 Å². The average Bonchev–Trinajstić information content (AvgIpc) is 2.56. The molecule has 0 fully saturated rings. The van der Waals surface area contributed by atoms with E-state index in [1.54, 1.807) is 6.07 Å². The number of rotatable bonds is 3. The van der Waals surface area contributed by atoms with Gasteiger partial charge in [-0.3, -0.25) is 0 Å². The lowest BCUT2D eigenvalue weighted by molar-refractivity contribution is 0.629. The highest BCUT2D eigenvalue weighted by atomic mass is 19.1. The van der Waals surface area contributed by atoms with E-state index < -0.39 is 0 Å². The first kappa shape index (κ1) is 16.1. The number of benzene rings is 3. The second-order valence-electron chi connectivity index (χ2n) is 5.98. The van der Waals surface area contributed by atoms with E-state index in [9.17, 15) is 4.39 Å².